The van der Waals surface area contributed by atoms with Crippen LogP contribution in [0.25, 0.3) is 10.2 Å². The maximum Gasteiger partial charge on any atom is 0.231 e. The normalized spacial score (nSPS) is 17.8. The average molecular weight is 374 g/mol. The molecule has 1 aliphatic heterocycles. The Morgan fingerprint density at radius 3 is 3.16 bits per heavy atom. The van der Waals surface area contributed by atoms with Crippen LogP contribution in [-0.2, 0) is 11.2 Å². The number of nitrogens with one attached hydrogen (secondary N) is 1. The highest BCUT2D eigenvalue weighted by Gasteiger charge is 2.28. The maximum atomic E-state index is 12.5. The first kappa shape index (κ1) is 16.3. The molecule has 0 radical (unpaired) electrons. The van der Waals surface area contributed by atoms with Gasteiger partial charge in [0.05, 0.1) is 11.3 Å². The summed E-state index contributed by atoms with van der Waals surface area (Å²) in [6.45, 7) is 3.71. The summed E-state index contributed by atoms with van der Waals surface area (Å²) in [4.78, 5) is 26.0. The average Bonchev–Trinajstić information content (AvgIpc) is 3.30. The van der Waals surface area contributed by atoms with Crippen LogP contribution in [0.3, 0.4) is 0 Å². The SMILES string of the molecule is CCc1cc2c(N3CCC[C@H](C(=O)Nc4nncs4)C3)ncnc2s1. The number of aromatic nitrogens is 4. The first-order chi connectivity index (χ1) is 12.2. The van der Waals surface area contributed by atoms with E-state index in [0.29, 0.717) is 11.7 Å². The lowest BCUT2D eigenvalue weighted by Crippen LogP contribution is -2.41. The molecule has 1 fully saturated rings. The van der Waals surface area contributed by atoms with Crippen molar-refractivity contribution >= 4 is 49.7 Å². The highest BCUT2D eigenvalue weighted by Crippen LogP contribution is 2.32. The van der Waals surface area contributed by atoms with E-state index in [4.69, 9.17) is 0 Å². The molecule has 7 nitrogen and oxygen atoms in total. The van der Waals surface area contributed by atoms with Crippen LogP contribution in [0.4, 0.5) is 10.9 Å². The second-order valence-electron chi connectivity index (χ2n) is 6.00. The van der Waals surface area contributed by atoms with Crippen LogP contribution in [0.1, 0.15) is 24.6 Å². The summed E-state index contributed by atoms with van der Waals surface area (Å²) in [6.07, 6.45) is 4.45. The predicted molar refractivity (Wildman–Crippen MR) is 100 cm³/mol. The van der Waals surface area contributed by atoms with Gasteiger partial charge in [0.15, 0.2) is 0 Å². The number of fused-ring (bicyclic) bond motifs is 1. The molecule has 0 spiro atoms. The van der Waals surface area contributed by atoms with Crippen LogP contribution in [0.15, 0.2) is 17.9 Å². The third kappa shape index (κ3) is 3.34. The summed E-state index contributed by atoms with van der Waals surface area (Å²) in [5.74, 6) is 0.868. The number of anilines is 2. The van der Waals surface area contributed by atoms with Crippen molar-refractivity contribution in [2.75, 3.05) is 23.3 Å². The number of amides is 1. The largest absolute Gasteiger partial charge is 0.355 e. The van der Waals surface area contributed by atoms with E-state index in [-0.39, 0.29) is 11.8 Å². The molecule has 4 rings (SSSR count). The molecule has 1 atom stereocenters. The zero-order chi connectivity index (χ0) is 17.2. The topological polar surface area (TPSA) is 83.9 Å². The molecule has 130 valence electrons. The Morgan fingerprint density at radius 2 is 2.36 bits per heavy atom. The second-order valence-corrected chi connectivity index (χ2v) is 7.95. The minimum atomic E-state index is -0.0769. The molecule has 1 aliphatic rings. The van der Waals surface area contributed by atoms with E-state index in [2.05, 4.69) is 43.4 Å². The van der Waals surface area contributed by atoms with Crippen molar-refractivity contribution in [2.45, 2.75) is 26.2 Å². The van der Waals surface area contributed by atoms with Gasteiger partial charge in [0.25, 0.3) is 0 Å². The van der Waals surface area contributed by atoms with Crippen LogP contribution in [0.2, 0.25) is 0 Å². The Kier molecular flexibility index (Phi) is 4.58. The van der Waals surface area contributed by atoms with E-state index < -0.39 is 0 Å². The van der Waals surface area contributed by atoms with Gasteiger partial charge in [-0.2, -0.15) is 0 Å². The van der Waals surface area contributed by atoms with Crippen molar-refractivity contribution in [3.8, 4) is 0 Å². The van der Waals surface area contributed by atoms with Gasteiger partial charge in [0.2, 0.25) is 11.0 Å². The molecule has 1 saturated heterocycles. The van der Waals surface area contributed by atoms with E-state index in [1.54, 1.807) is 23.2 Å². The van der Waals surface area contributed by atoms with Gasteiger partial charge in [0, 0.05) is 18.0 Å². The number of hydrogen-bond donors (Lipinski definition) is 1. The fourth-order valence-corrected chi connectivity index (χ4v) is 4.52. The number of piperidine rings is 1. The van der Waals surface area contributed by atoms with Crippen LogP contribution in [-0.4, -0.2) is 39.2 Å². The Bertz CT molecular complexity index is 878. The molecule has 1 amide bonds. The highest BCUT2D eigenvalue weighted by molar-refractivity contribution is 7.18. The van der Waals surface area contributed by atoms with Gasteiger partial charge in [-0.05, 0) is 25.3 Å². The summed E-state index contributed by atoms with van der Waals surface area (Å²) in [6, 6.07) is 2.18. The lowest BCUT2D eigenvalue weighted by Gasteiger charge is -2.32. The van der Waals surface area contributed by atoms with Crippen molar-refractivity contribution in [3.05, 3.63) is 22.8 Å². The van der Waals surface area contributed by atoms with Crippen LogP contribution < -0.4 is 10.2 Å². The van der Waals surface area contributed by atoms with Gasteiger partial charge in [0.1, 0.15) is 22.5 Å². The number of hydrogen-bond acceptors (Lipinski definition) is 8. The number of carbonyl (C=O) groups is 1. The zero-order valence-electron chi connectivity index (χ0n) is 13.8. The van der Waals surface area contributed by atoms with Crippen molar-refractivity contribution in [2.24, 2.45) is 5.92 Å². The van der Waals surface area contributed by atoms with Crippen molar-refractivity contribution in [1.82, 2.24) is 20.2 Å². The fraction of sp³-hybridized carbons (Fsp3) is 0.438. The monoisotopic (exact) mass is 374 g/mol. The smallest absolute Gasteiger partial charge is 0.231 e. The number of carbonyl (C=O) groups excluding carboxylic acids is 1. The summed E-state index contributed by atoms with van der Waals surface area (Å²) in [5.41, 5.74) is 1.61. The number of nitrogens with zero attached hydrogens (tertiary/aromatic N) is 5. The third-order valence-electron chi connectivity index (χ3n) is 4.39. The third-order valence-corrected chi connectivity index (χ3v) is 6.18. The van der Waals surface area contributed by atoms with Gasteiger partial charge in [-0.3, -0.25) is 4.79 Å². The summed E-state index contributed by atoms with van der Waals surface area (Å²) in [5, 5.41) is 12.1. The molecule has 4 heterocycles. The Hall–Kier alpha value is -2.13. The van der Waals surface area contributed by atoms with Gasteiger partial charge < -0.3 is 10.2 Å². The first-order valence-electron chi connectivity index (χ1n) is 8.30. The number of rotatable bonds is 4. The van der Waals surface area contributed by atoms with Gasteiger partial charge in [-0.15, -0.1) is 21.5 Å². The van der Waals surface area contributed by atoms with Crippen LogP contribution >= 0.6 is 22.7 Å². The molecule has 0 aliphatic carbocycles. The van der Waals surface area contributed by atoms with Gasteiger partial charge in [-0.25, -0.2) is 9.97 Å². The minimum absolute atomic E-state index is 0.00585. The Labute approximate surface area is 153 Å². The van der Waals surface area contributed by atoms with E-state index in [1.807, 2.05) is 0 Å². The summed E-state index contributed by atoms with van der Waals surface area (Å²) < 4.78 is 0. The van der Waals surface area contributed by atoms with Gasteiger partial charge >= 0.3 is 0 Å². The van der Waals surface area contributed by atoms with E-state index >= 15 is 0 Å². The molecule has 0 bridgehead atoms. The minimum Gasteiger partial charge on any atom is -0.355 e. The van der Waals surface area contributed by atoms with Crippen LogP contribution in [0.5, 0.6) is 0 Å². The van der Waals surface area contributed by atoms with E-state index in [1.165, 1.54) is 16.2 Å². The summed E-state index contributed by atoms with van der Waals surface area (Å²) >= 11 is 3.05. The van der Waals surface area contributed by atoms with E-state index in [0.717, 1.165) is 41.8 Å². The van der Waals surface area contributed by atoms with Crippen LogP contribution in [0, 0.1) is 5.92 Å². The molecule has 1 N–H and O–H groups in total. The lowest BCUT2D eigenvalue weighted by molar-refractivity contribution is -0.120. The molecular weight excluding hydrogens is 356 g/mol. The molecule has 3 aromatic heterocycles. The second kappa shape index (κ2) is 7.01. The number of thiophene rings is 1. The Balaban J connectivity index is 1.55. The molecule has 0 unspecified atom stereocenters. The maximum absolute atomic E-state index is 12.5. The molecule has 25 heavy (non-hydrogen) atoms. The Morgan fingerprint density at radius 1 is 1.44 bits per heavy atom. The van der Waals surface area contributed by atoms with E-state index in [9.17, 15) is 4.79 Å². The highest BCUT2D eigenvalue weighted by atomic mass is 32.1. The quantitative estimate of drug-likeness (QED) is 0.756. The van der Waals surface area contributed by atoms with Crippen molar-refractivity contribution < 1.29 is 4.79 Å². The molecular formula is C16H18N6OS2. The molecule has 0 saturated carbocycles. The molecule has 0 aromatic carbocycles. The van der Waals surface area contributed by atoms with Crippen molar-refractivity contribution in [1.29, 1.82) is 0 Å². The predicted octanol–water partition coefficient (Wildman–Crippen LogP) is 2.96. The van der Waals surface area contributed by atoms with Gasteiger partial charge in [-0.1, -0.05) is 18.3 Å². The fourth-order valence-electron chi connectivity index (χ4n) is 3.14. The lowest BCUT2D eigenvalue weighted by atomic mass is 9.97. The summed E-state index contributed by atoms with van der Waals surface area (Å²) in [7, 11) is 0. The standard InChI is InChI=1S/C16H18N6OS2/c1-2-11-6-12-13(17-8-18-15(12)25-11)22-5-3-4-10(7-22)14(23)20-16-21-19-9-24-16/h6,8-10H,2-5,7H2,1H3,(H,20,21,23)/t10-/m0/s1. The zero-order valence-corrected chi connectivity index (χ0v) is 15.4. The van der Waals surface area contributed by atoms with Crippen molar-refractivity contribution in [3.63, 3.8) is 0 Å². The molecule has 3 aromatic rings. The number of aryl methyl sites for hydroxylation is 1. The molecule has 9 heteroatoms. The first-order valence-corrected chi connectivity index (χ1v) is 9.99.